The summed E-state index contributed by atoms with van der Waals surface area (Å²) in [4.78, 5) is 24.2. The number of methoxy groups -OCH3 is 1. The molecule has 0 spiro atoms. The molecule has 2 aromatic rings. The predicted octanol–water partition coefficient (Wildman–Crippen LogP) is 4.24. The van der Waals surface area contributed by atoms with E-state index in [1.54, 1.807) is 50.4 Å². The molecule has 2 rings (SSSR count). The number of ether oxygens (including phenoxy) is 2. The highest BCUT2D eigenvalue weighted by molar-refractivity contribution is 6.31. The summed E-state index contributed by atoms with van der Waals surface area (Å²) in [6, 6.07) is 12.5. The summed E-state index contributed by atoms with van der Waals surface area (Å²) in [6.07, 6.45) is 1.88. The fourth-order valence-electron chi connectivity index (χ4n) is 2.21. The lowest BCUT2D eigenvalue weighted by molar-refractivity contribution is -0.148. The van der Waals surface area contributed by atoms with Crippen LogP contribution in [0.4, 0.5) is 5.69 Å². The van der Waals surface area contributed by atoms with Crippen molar-refractivity contribution in [2.24, 2.45) is 0 Å². The van der Waals surface area contributed by atoms with Gasteiger partial charge in [0.25, 0.3) is 5.91 Å². The van der Waals surface area contributed by atoms with Crippen molar-refractivity contribution in [3.05, 3.63) is 64.7 Å². The maximum absolute atomic E-state index is 12.2. The first-order valence-corrected chi connectivity index (χ1v) is 8.38. The summed E-state index contributed by atoms with van der Waals surface area (Å²) in [5.41, 5.74) is 2.06. The highest BCUT2D eigenvalue weighted by Gasteiger charge is 2.17. The normalized spacial score (nSPS) is 11.8. The van der Waals surface area contributed by atoms with Crippen LogP contribution in [0.2, 0.25) is 5.02 Å². The Morgan fingerprint density at radius 1 is 1.15 bits per heavy atom. The molecule has 0 unspecified atom stereocenters. The smallest absolute Gasteiger partial charge is 0.331 e. The number of esters is 1. The average Bonchev–Trinajstić information content (AvgIpc) is 2.63. The number of carbonyl (C=O) groups excluding carboxylic acids is 2. The van der Waals surface area contributed by atoms with E-state index in [2.05, 4.69) is 5.32 Å². The lowest BCUT2D eigenvalue weighted by atomic mass is 10.2. The van der Waals surface area contributed by atoms with E-state index in [9.17, 15) is 9.59 Å². The van der Waals surface area contributed by atoms with E-state index >= 15 is 0 Å². The third-order valence-corrected chi connectivity index (χ3v) is 4.14. The standard InChI is InChI=1S/C20H20ClNO4/c1-13-16(21)8-6-9-17(13)22-20(24)14(2)26-19(23)12-11-15-7-4-5-10-18(15)25-3/h4-12,14H,1-3H3,(H,22,24)/b12-11+/t14-/m1/s1. The van der Waals surface area contributed by atoms with Crippen molar-refractivity contribution in [1.29, 1.82) is 0 Å². The zero-order valence-corrected chi connectivity index (χ0v) is 15.5. The lowest BCUT2D eigenvalue weighted by Gasteiger charge is -2.14. The van der Waals surface area contributed by atoms with Crippen LogP contribution in [-0.4, -0.2) is 25.1 Å². The quantitative estimate of drug-likeness (QED) is 0.607. The zero-order valence-electron chi connectivity index (χ0n) is 14.8. The number of benzene rings is 2. The van der Waals surface area contributed by atoms with E-state index in [1.807, 2.05) is 12.1 Å². The lowest BCUT2D eigenvalue weighted by Crippen LogP contribution is -2.29. The van der Waals surface area contributed by atoms with Gasteiger partial charge in [0.1, 0.15) is 5.75 Å². The van der Waals surface area contributed by atoms with Crippen LogP contribution in [-0.2, 0) is 14.3 Å². The van der Waals surface area contributed by atoms with Gasteiger partial charge in [-0.1, -0.05) is 35.9 Å². The van der Waals surface area contributed by atoms with Gasteiger partial charge in [0.15, 0.2) is 6.10 Å². The molecule has 0 heterocycles. The maximum atomic E-state index is 12.2. The molecule has 0 saturated carbocycles. The third kappa shape index (κ3) is 5.10. The van der Waals surface area contributed by atoms with Crippen molar-refractivity contribution in [2.45, 2.75) is 20.0 Å². The van der Waals surface area contributed by atoms with Crippen LogP contribution in [0.1, 0.15) is 18.1 Å². The molecule has 0 saturated heterocycles. The van der Waals surface area contributed by atoms with Crippen molar-refractivity contribution in [3.63, 3.8) is 0 Å². The van der Waals surface area contributed by atoms with Gasteiger partial charge in [-0.2, -0.15) is 0 Å². The fraction of sp³-hybridized carbons (Fsp3) is 0.200. The summed E-state index contributed by atoms with van der Waals surface area (Å²) in [6.45, 7) is 3.30. The second kappa shape index (κ2) is 9.06. The van der Waals surface area contributed by atoms with Gasteiger partial charge in [-0.25, -0.2) is 4.79 Å². The highest BCUT2D eigenvalue weighted by atomic mass is 35.5. The van der Waals surface area contributed by atoms with Crippen LogP contribution in [0.25, 0.3) is 6.08 Å². The first kappa shape index (κ1) is 19.5. The predicted molar refractivity (Wildman–Crippen MR) is 102 cm³/mol. The van der Waals surface area contributed by atoms with Gasteiger partial charge < -0.3 is 14.8 Å². The van der Waals surface area contributed by atoms with E-state index in [1.165, 1.54) is 13.0 Å². The van der Waals surface area contributed by atoms with Gasteiger partial charge in [0, 0.05) is 22.3 Å². The Morgan fingerprint density at radius 2 is 1.88 bits per heavy atom. The summed E-state index contributed by atoms with van der Waals surface area (Å²) in [5, 5.41) is 3.25. The SMILES string of the molecule is COc1ccccc1/C=C/C(=O)O[C@H](C)C(=O)Nc1cccc(Cl)c1C. The molecule has 0 aromatic heterocycles. The molecule has 0 radical (unpaired) electrons. The molecule has 1 atom stereocenters. The van der Waals surface area contributed by atoms with Crippen LogP contribution in [0.3, 0.4) is 0 Å². The first-order chi connectivity index (χ1) is 12.4. The Hall–Kier alpha value is -2.79. The van der Waals surface area contributed by atoms with E-state index in [0.717, 1.165) is 11.1 Å². The van der Waals surface area contributed by atoms with Crippen LogP contribution in [0.15, 0.2) is 48.5 Å². The number of carbonyl (C=O) groups is 2. The van der Waals surface area contributed by atoms with E-state index in [0.29, 0.717) is 16.5 Å². The topological polar surface area (TPSA) is 64.6 Å². The fourth-order valence-corrected chi connectivity index (χ4v) is 2.38. The molecule has 1 amide bonds. The van der Waals surface area contributed by atoms with Crippen LogP contribution >= 0.6 is 11.6 Å². The molecule has 0 fully saturated rings. The van der Waals surface area contributed by atoms with Crippen LogP contribution < -0.4 is 10.1 Å². The molecule has 6 heteroatoms. The Kier molecular flexibility index (Phi) is 6.81. The molecule has 136 valence electrons. The third-order valence-electron chi connectivity index (χ3n) is 3.73. The van der Waals surface area contributed by atoms with Gasteiger partial charge >= 0.3 is 5.97 Å². The molecule has 0 bridgehead atoms. The molecular weight excluding hydrogens is 354 g/mol. The Morgan fingerprint density at radius 3 is 2.62 bits per heavy atom. The number of hydrogen-bond donors (Lipinski definition) is 1. The van der Waals surface area contributed by atoms with Crippen molar-refractivity contribution in [3.8, 4) is 5.75 Å². The molecule has 0 aliphatic heterocycles. The number of nitrogens with one attached hydrogen (secondary N) is 1. The van der Waals surface area contributed by atoms with Crippen LogP contribution in [0.5, 0.6) is 5.75 Å². The molecule has 26 heavy (non-hydrogen) atoms. The minimum atomic E-state index is -0.955. The number of rotatable bonds is 6. The van der Waals surface area contributed by atoms with Gasteiger partial charge in [-0.3, -0.25) is 4.79 Å². The largest absolute Gasteiger partial charge is 0.496 e. The Balaban J connectivity index is 1.96. The first-order valence-electron chi connectivity index (χ1n) is 8.00. The molecular formula is C20H20ClNO4. The monoisotopic (exact) mass is 373 g/mol. The number of hydrogen-bond acceptors (Lipinski definition) is 4. The second-order valence-electron chi connectivity index (χ2n) is 5.56. The number of para-hydroxylation sites is 1. The Labute approximate surface area is 157 Å². The van der Waals surface area contributed by atoms with Crippen LogP contribution in [0, 0.1) is 6.92 Å². The highest BCUT2D eigenvalue weighted by Crippen LogP contribution is 2.23. The number of amides is 1. The number of anilines is 1. The van der Waals surface area contributed by atoms with Crippen molar-refractivity contribution >= 4 is 35.2 Å². The zero-order chi connectivity index (χ0) is 19.1. The molecule has 0 aliphatic carbocycles. The summed E-state index contributed by atoms with van der Waals surface area (Å²) < 4.78 is 10.3. The van der Waals surface area contributed by atoms with Crippen molar-refractivity contribution in [2.75, 3.05) is 12.4 Å². The minimum absolute atomic E-state index is 0.436. The molecule has 1 N–H and O–H groups in total. The summed E-state index contributed by atoms with van der Waals surface area (Å²) >= 11 is 6.03. The van der Waals surface area contributed by atoms with Crippen molar-refractivity contribution in [1.82, 2.24) is 0 Å². The van der Waals surface area contributed by atoms with Gasteiger partial charge in [-0.05, 0) is 43.7 Å². The second-order valence-corrected chi connectivity index (χ2v) is 5.96. The molecule has 0 aliphatic rings. The van der Waals surface area contributed by atoms with E-state index in [4.69, 9.17) is 21.1 Å². The van der Waals surface area contributed by atoms with Crippen molar-refractivity contribution < 1.29 is 19.1 Å². The maximum Gasteiger partial charge on any atom is 0.331 e. The van der Waals surface area contributed by atoms with E-state index < -0.39 is 18.0 Å². The Bertz CT molecular complexity index is 832. The average molecular weight is 374 g/mol. The van der Waals surface area contributed by atoms with Gasteiger partial charge in [-0.15, -0.1) is 0 Å². The molecule has 5 nitrogen and oxygen atoms in total. The molecule has 2 aromatic carbocycles. The van der Waals surface area contributed by atoms with E-state index in [-0.39, 0.29) is 0 Å². The minimum Gasteiger partial charge on any atom is -0.496 e. The van der Waals surface area contributed by atoms with Gasteiger partial charge in [0.05, 0.1) is 7.11 Å². The summed E-state index contributed by atoms with van der Waals surface area (Å²) in [5.74, 6) is -0.422. The number of halogens is 1. The van der Waals surface area contributed by atoms with Gasteiger partial charge in [0.2, 0.25) is 0 Å². The summed E-state index contributed by atoms with van der Waals surface area (Å²) in [7, 11) is 1.55.